The van der Waals surface area contributed by atoms with Crippen molar-refractivity contribution < 1.29 is 14.7 Å². The first kappa shape index (κ1) is 9.85. The second-order valence-corrected chi connectivity index (χ2v) is 3.22. The third-order valence-corrected chi connectivity index (χ3v) is 2.22. The number of pyridine rings is 1. The van der Waals surface area contributed by atoms with Crippen LogP contribution >= 0.6 is 15.9 Å². The lowest BCUT2D eigenvalue weighted by Gasteiger charge is -2.02. The van der Waals surface area contributed by atoms with Crippen molar-refractivity contribution in [3.05, 3.63) is 30.1 Å². The highest BCUT2D eigenvalue weighted by Crippen LogP contribution is 2.09. The van der Waals surface area contributed by atoms with Gasteiger partial charge < -0.3 is 5.11 Å². The number of hydrogen-bond donors (Lipinski definition) is 1. The van der Waals surface area contributed by atoms with Crippen molar-refractivity contribution in [1.82, 2.24) is 4.98 Å². The fourth-order valence-electron chi connectivity index (χ4n) is 0.775. The molecular formula is C8H6BrNO3. The Balaban J connectivity index is 2.86. The summed E-state index contributed by atoms with van der Waals surface area (Å²) in [6.45, 7) is 0. The second-order valence-electron chi connectivity index (χ2n) is 2.30. The first-order valence-corrected chi connectivity index (χ1v) is 4.35. The highest BCUT2D eigenvalue weighted by atomic mass is 79.9. The summed E-state index contributed by atoms with van der Waals surface area (Å²) in [5.41, 5.74) is 0.333. The van der Waals surface area contributed by atoms with E-state index in [1.54, 1.807) is 0 Å². The van der Waals surface area contributed by atoms with Crippen LogP contribution in [-0.4, -0.2) is 26.7 Å². The summed E-state index contributed by atoms with van der Waals surface area (Å²) < 4.78 is 0. The van der Waals surface area contributed by atoms with Gasteiger partial charge in [-0.05, 0) is 12.1 Å². The molecule has 0 radical (unpaired) electrons. The summed E-state index contributed by atoms with van der Waals surface area (Å²) >= 11 is 2.77. The molecule has 0 fully saturated rings. The van der Waals surface area contributed by atoms with E-state index in [2.05, 4.69) is 20.9 Å². The molecule has 0 saturated heterocycles. The SMILES string of the molecule is O=C(O)C(Br)C(=O)c1ccncc1. The Bertz CT molecular complexity index is 325. The molecule has 0 aliphatic rings. The number of carbonyl (C=O) groups excluding carboxylic acids is 1. The normalized spacial score (nSPS) is 12.1. The lowest BCUT2D eigenvalue weighted by atomic mass is 10.1. The zero-order valence-corrected chi connectivity index (χ0v) is 8.06. The molecule has 13 heavy (non-hydrogen) atoms. The molecule has 4 nitrogen and oxygen atoms in total. The predicted molar refractivity (Wildman–Crippen MR) is 48.9 cm³/mol. The van der Waals surface area contributed by atoms with Gasteiger partial charge in [-0.3, -0.25) is 14.6 Å². The largest absolute Gasteiger partial charge is 0.480 e. The molecule has 0 saturated carbocycles. The molecule has 0 amide bonds. The Morgan fingerprint density at radius 3 is 2.38 bits per heavy atom. The number of carbonyl (C=O) groups is 2. The molecule has 1 atom stereocenters. The first-order valence-electron chi connectivity index (χ1n) is 3.44. The van der Waals surface area contributed by atoms with Gasteiger partial charge in [0, 0.05) is 18.0 Å². The Morgan fingerprint density at radius 2 is 1.92 bits per heavy atom. The van der Waals surface area contributed by atoms with E-state index in [1.807, 2.05) is 0 Å². The molecule has 0 aromatic carbocycles. The number of hydrogen-bond acceptors (Lipinski definition) is 3. The minimum atomic E-state index is -1.19. The molecule has 0 aliphatic carbocycles. The predicted octanol–water partition coefficient (Wildman–Crippen LogP) is 1.11. The van der Waals surface area contributed by atoms with E-state index < -0.39 is 16.6 Å². The minimum absolute atomic E-state index is 0.333. The molecule has 1 aromatic heterocycles. The lowest BCUT2D eigenvalue weighted by Crippen LogP contribution is -2.23. The summed E-state index contributed by atoms with van der Waals surface area (Å²) in [7, 11) is 0. The van der Waals surface area contributed by atoms with E-state index in [9.17, 15) is 9.59 Å². The Labute approximate surface area is 82.7 Å². The average Bonchev–Trinajstić information content (AvgIpc) is 2.17. The zero-order chi connectivity index (χ0) is 9.84. The van der Waals surface area contributed by atoms with Crippen LogP contribution in [0, 0.1) is 0 Å². The number of carboxylic acid groups (broad SMARTS) is 1. The monoisotopic (exact) mass is 243 g/mol. The second kappa shape index (κ2) is 4.13. The summed E-state index contributed by atoms with van der Waals surface area (Å²) in [6, 6.07) is 2.94. The van der Waals surface area contributed by atoms with Gasteiger partial charge in [0.25, 0.3) is 0 Å². The molecule has 0 spiro atoms. The number of ketones is 1. The van der Waals surface area contributed by atoms with Gasteiger partial charge in [-0.25, -0.2) is 0 Å². The van der Waals surface area contributed by atoms with Gasteiger partial charge in [0.1, 0.15) is 0 Å². The van der Waals surface area contributed by atoms with E-state index >= 15 is 0 Å². The van der Waals surface area contributed by atoms with Crippen molar-refractivity contribution in [1.29, 1.82) is 0 Å². The van der Waals surface area contributed by atoms with Crippen LogP contribution in [-0.2, 0) is 4.79 Å². The molecule has 1 heterocycles. The van der Waals surface area contributed by atoms with E-state index in [0.717, 1.165) is 0 Å². The van der Waals surface area contributed by atoms with Crippen LogP contribution < -0.4 is 0 Å². The number of aromatic nitrogens is 1. The summed E-state index contributed by atoms with van der Waals surface area (Å²) in [5, 5.41) is 8.53. The van der Waals surface area contributed by atoms with E-state index in [4.69, 9.17) is 5.11 Å². The molecule has 1 N–H and O–H groups in total. The van der Waals surface area contributed by atoms with Gasteiger partial charge in [0.15, 0.2) is 10.6 Å². The highest BCUT2D eigenvalue weighted by molar-refractivity contribution is 9.10. The Kier molecular flexibility index (Phi) is 3.13. The zero-order valence-electron chi connectivity index (χ0n) is 6.48. The third-order valence-electron chi connectivity index (χ3n) is 1.41. The summed E-state index contributed by atoms with van der Waals surface area (Å²) in [5.74, 6) is -1.67. The molecule has 68 valence electrons. The lowest BCUT2D eigenvalue weighted by molar-refractivity contribution is -0.135. The maximum Gasteiger partial charge on any atom is 0.325 e. The van der Waals surface area contributed by atoms with Crippen molar-refractivity contribution in [2.24, 2.45) is 0 Å². The number of nitrogens with zero attached hydrogens (tertiary/aromatic N) is 1. The van der Waals surface area contributed by atoms with Crippen LogP contribution in [0.3, 0.4) is 0 Å². The van der Waals surface area contributed by atoms with Crippen LogP contribution in [0.2, 0.25) is 0 Å². The standard InChI is InChI=1S/C8H6BrNO3/c9-6(8(12)13)7(11)5-1-3-10-4-2-5/h1-4,6H,(H,12,13). The minimum Gasteiger partial charge on any atom is -0.480 e. The van der Waals surface area contributed by atoms with Crippen molar-refractivity contribution in [3.63, 3.8) is 0 Å². The molecule has 1 rings (SSSR count). The average molecular weight is 244 g/mol. The van der Waals surface area contributed by atoms with Crippen molar-refractivity contribution >= 4 is 27.7 Å². The van der Waals surface area contributed by atoms with Gasteiger partial charge >= 0.3 is 5.97 Å². The Hall–Kier alpha value is -1.23. The van der Waals surface area contributed by atoms with Crippen molar-refractivity contribution in [2.75, 3.05) is 0 Å². The maximum absolute atomic E-state index is 11.3. The van der Waals surface area contributed by atoms with E-state index in [-0.39, 0.29) is 0 Å². The Morgan fingerprint density at radius 1 is 1.38 bits per heavy atom. The number of carboxylic acids is 1. The molecule has 1 aromatic rings. The van der Waals surface area contributed by atoms with Gasteiger partial charge in [-0.15, -0.1) is 0 Å². The van der Waals surface area contributed by atoms with Gasteiger partial charge in [0.2, 0.25) is 0 Å². The summed E-state index contributed by atoms with van der Waals surface area (Å²) in [6.07, 6.45) is 2.88. The van der Waals surface area contributed by atoms with Crippen molar-refractivity contribution in [2.45, 2.75) is 4.83 Å². The molecule has 0 aliphatic heterocycles. The fourth-order valence-corrected chi connectivity index (χ4v) is 1.04. The van der Waals surface area contributed by atoms with Crippen molar-refractivity contribution in [3.8, 4) is 0 Å². The number of alkyl halides is 1. The number of halogens is 1. The number of rotatable bonds is 3. The molecule has 0 bridgehead atoms. The number of Topliss-reactive ketones (excluding diaryl/α,β-unsaturated/α-hetero) is 1. The number of aliphatic carboxylic acids is 1. The quantitative estimate of drug-likeness (QED) is 0.491. The van der Waals surface area contributed by atoms with E-state index in [0.29, 0.717) is 5.56 Å². The van der Waals surface area contributed by atoms with E-state index in [1.165, 1.54) is 24.5 Å². The molecule has 5 heteroatoms. The van der Waals surface area contributed by atoms with Gasteiger partial charge in [-0.2, -0.15) is 0 Å². The van der Waals surface area contributed by atoms with Crippen LogP contribution in [0.25, 0.3) is 0 Å². The smallest absolute Gasteiger partial charge is 0.325 e. The topological polar surface area (TPSA) is 67.3 Å². The molecule has 1 unspecified atom stereocenters. The van der Waals surface area contributed by atoms with Gasteiger partial charge in [-0.1, -0.05) is 15.9 Å². The maximum atomic E-state index is 11.3. The third kappa shape index (κ3) is 2.35. The van der Waals surface area contributed by atoms with Crippen LogP contribution in [0.5, 0.6) is 0 Å². The summed E-state index contributed by atoms with van der Waals surface area (Å²) in [4.78, 5) is 24.3. The highest BCUT2D eigenvalue weighted by Gasteiger charge is 2.23. The fraction of sp³-hybridized carbons (Fsp3) is 0.125. The van der Waals surface area contributed by atoms with Crippen LogP contribution in [0.4, 0.5) is 0 Å². The van der Waals surface area contributed by atoms with Gasteiger partial charge in [0.05, 0.1) is 0 Å². The van der Waals surface area contributed by atoms with Crippen LogP contribution in [0.15, 0.2) is 24.5 Å². The molecular weight excluding hydrogens is 238 g/mol. The van der Waals surface area contributed by atoms with Crippen LogP contribution in [0.1, 0.15) is 10.4 Å². The first-order chi connectivity index (χ1) is 6.13.